The monoisotopic (exact) mass is 864 g/mol. The number of rotatable bonds is 6. The third-order valence-electron chi connectivity index (χ3n) is 5.44. The molecule has 4 heterocycles. The summed E-state index contributed by atoms with van der Waals surface area (Å²) in [5, 5.41) is 16.2. The van der Waals surface area contributed by atoms with Gasteiger partial charge in [-0.25, -0.2) is 0 Å². The third-order valence-corrected chi connectivity index (χ3v) is 5.44. The van der Waals surface area contributed by atoms with Gasteiger partial charge in [0.15, 0.2) is 0 Å². The summed E-state index contributed by atoms with van der Waals surface area (Å²) in [6, 6.07) is 26.2. The molecular formula is C28H26N8Pt2-6. The molecule has 0 saturated heterocycles. The molecule has 2 aliphatic rings. The predicted molar refractivity (Wildman–Crippen MR) is 138 cm³/mol. The molecule has 0 bridgehead atoms. The van der Waals surface area contributed by atoms with E-state index in [0.717, 1.165) is 47.2 Å². The van der Waals surface area contributed by atoms with Crippen LogP contribution in [0.15, 0.2) is 85.5 Å². The number of anilines is 2. The number of para-hydroxylation sites is 2. The molecule has 2 aromatic heterocycles. The van der Waals surface area contributed by atoms with Gasteiger partial charge in [0.2, 0.25) is 0 Å². The van der Waals surface area contributed by atoms with Crippen LogP contribution in [0.1, 0.15) is 22.8 Å². The second-order valence-electron chi connectivity index (χ2n) is 8.44. The van der Waals surface area contributed by atoms with E-state index in [1.54, 1.807) is 0 Å². The minimum Gasteiger partial charge on any atom is -0.579 e. The number of hydrogen-bond donors (Lipinski definition) is 0. The molecule has 2 aliphatic heterocycles. The van der Waals surface area contributed by atoms with Crippen LogP contribution >= 0.6 is 0 Å². The van der Waals surface area contributed by atoms with E-state index in [4.69, 9.17) is 0 Å². The molecule has 0 atom stereocenters. The molecule has 0 unspecified atom stereocenters. The van der Waals surface area contributed by atoms with Crippen molar-refractivity contribution in [2.45, 2.75) is 26.9 Å². The molecule has 0 fully saturated rings. The summed E-state index contributed by atoms with van der Waals surface area (Å²) in [6.07, 6.45) is 8.06. The van der Waals surface area contributed by atoms with Gasteiger partial charge < -0.3 is 40.0 Å². The fourth-order valence-electron chi connectivity index (χ4n) is 3.76. The Kier molecular flexibility index (Phi) is 11.0. The molecular weight excluding hydrogens is 839 g/mol. The number of hydrogen-bond acceptors (Lipinski definition) is 6. The first-order chi connectivity index (χ1) is 17.6. The first-order valence-electron chi connectivity index (χ1n) is 11.6. The normalized spacial score (nSPS) is 13.7. The fourth-order valence-corrected chi connectivity index (χ4v) is 3.76. The van der Waals surface area contributed by atoms with E-state index >= 15 is 0 Å². The van der Waals surface area contributed by atoms with E-state index in [0.29, 0.717) is 0 Å². The van der Waals surface area contributed by atoms with Gasteiger partial charge in [-0.1, -0.05) is 26.0 Å². The number of nitrogens with zero attached hydrogens (tertiary/aromatic N) is 8. The summed E-state index contributed by atoms with van der Waals surface area (Å²) < 4.78 is 0. The molecule has 4 aromatic rings. The van der Waals surface area contributed by atoms with E-state index < -0.39 is 0 Å². The molecule has 8 nitrogen and oxygen atoms in total. The van der Waals surface area contributed by atoms with Crippen LogP contribution in [0.2, 0.25) is 0 Å². The maximum atomic E-state index is 4.11. The standard InChI is InChI=1S/2C14H13N4.2Pt/c2*1-12-9-13(16-15-12)10-17-7-8-18(11-17)14-5-3-2-4-6-14;;/h2*2-5,7-9,11H,10H2,1H3;;/q2*-3;;. The molecule has 2 aromatic carbocycles. The van der Waals surface area contributed by atoms with Crippen molar-refractivity contribution >= 4 is 11.4 Å². The van der Waals surface area contributed by atoms with Gasteiger partial charge in [-0.2, -0.15) is 74.0 Å². The van der Waals surface area contributed by atoms with Crippen LogP contribution in [-0.2, 0) is 55.2 Å². The minimum absolute atomic E-state index is 0. The van der Waals surface area contributed by atoms with E-state index in [2.05, 4.69) is 42.3 Å². The first-order valence-corrected chi connectivity index (χ1v) is 11.6. The zero-order chi connectivity index (χ0) is 24.7. The van der Waals surface area contributed by atoms with Gasteiger partial charge in [0, 0.05) is 66.6 Å². The van der Waals surface area contributed by atoms with Gasteiger partial charge in [-0.05, 0) is 24.8 Å². The fraction of sp³-hybridized carbons (Fsp3) is 0.143. The first kappa shape index (κ1) is 29.5. The summed E-state index contributed by atoms with van der Waals surface area (Å²) in [4.78, 5) is 8.21. The Morgan fingerprint density at radius 2 is 1.13 bits per heavy atom. The van der Waals surface area contributed by atoms with Gasteiger partial charge in [0.05, 0.1) is 0 Å². The minimum atomic E-state index is 0. The van der Waals surface area contributed by atoms with Crippen molar-refractivity contribution in [1.29, 1.82) is 0 Å². The summed E-state index contributed by atoms with van der Waals surface area (Å²) in [6.45, 7) is 9.42. The Morgan fingerprint density at radius 1 is 0.684 bits per heavy atom. The van der Waals surface area contributed by atoms with Crippen LogP contribution in [0.4, 0.5) is 11.4 Å². The summed E-state index contributed by atoms with van der Waals surface area (Å²) in [5.74, 6) is 0. The topological polar surface area (TPSA) is 66.9 Å². The maximum Gasteiger partial charge on any atom is 0.0335 e. The van der Waals surface area contributed by atoms with Crippen LogP contribution in [0.5, 0.6) is 0 Å². The molecule has 6 rings (SSSR count). The van der Waals surface area contributed by atoms with Crippen LogP contribution in [0.3, 0.4) is 0 Å². The van der Waals surface area contributed by atoms with Crippen molar-refractivity contribution in [3.8, 4) is 0 Å². The van der Waals surface area contributed by atoms with Gasteiger partial charge in [-0.3, -0.25) is 0 Å². The molecule has 0 spiro atoms. The molecule has 0 radical (unpaired) electrons. The van der Waals surface area contributed by atoms with E-state index in [-0.39, 0.29) is 42.1 Å². The molecule has 0 saturated carbocycles. The van der Waals surface area contributed by atoms with Crippen molar-refractivity contribution in [2.75, 3.05) is 9.80 Å². The smallest absolute Gasteiger partial charge is 0.0335 e. The molecule has 0 aliphatic carbocycles. The van der Waals surface area contributed by atoms with Crippen molar-refractivity contribution < 1.29 is 42.1 Å². The van der Waals surface area contributed by atoms with Crippen LogP contribution < -0.4 is 20.0 Å². The Bertz CT molecular complexity index is 1200. The zero-order valence-corrected chi connectivity index (χ0v) is 25.4. The molecule has 10 heteroatoms. The molecule has 0 N–H and O–H groups in total. The second kappa shape index (κ2) is 14.2. The molecule has 38 heavy (non-hydrogen) atoms. The van der Waals surface area contributed by atoms with Crippen molar-refractivity contribution in [3.05, 3.63) is 134 Å². The Hall–Kier alpha value is -3.08. The molecule has 204 valence electrons. The van der Waals surface area contributed by atoms with Crippen LogP contribution in [0.25, 0.3) is 0 Å². The van der Waals surface area contributed by atoms with Crippen molar-refractivity contribution in [2.24, 2.45) is 0 Å². The Balaban J connectivity index is 0.000000200. The summed E-state index contributed by atoms with van der Waals surface area (Å²) >= 11 is 0. The third kappa shape index (κ3) is 7.96. The molecule has 0 amide bonds. The van der Waals surface area contributed by atoms with Gasteiger partial charge in [0.1, 0.15) is 0 Å². The van der Waals surface area contributed by atoms with Crippen LogP contribution in [0, 0.1) is 39.3 Å². The van der Waals surface area contributed by atoms with E-state index in [9.17, 15) is 0 Å². The second-order valence-corrected chi connectivity index (χ2v) is 8.44. The predicted octanol–water partition coefficient (Wildman–Crippen LogP) is 4.12. The van der Waals surface area contributed by atoms with Crippen LogP contribution in [-0.4, -0.2) is 20.0 Å². The largest absolute Gasteiger partial charge is 0.579 e. The van der Waals surface area contributed by atoms with E-state index in [1.165, 1.54) is 0 Å². The van der Waals surface area contributed by atoms with Gasteiger partial charge in [-0.15, -0.1) is 22.8 Å². The average molecular weight is 865 g/mol. The number of aromatic nitrogens is 4. The quantitative estimate of drug-likeness (QED) is 0.269. The average Bonchev–Trinajstić information content (AvgIpc) is 3.71. The Morgan fingerprint density at radius 3 is 1.47 bits per heavy atom. The Labute approximate surface area is 252 Å². The number of aryl methyl sites for hydroxylation is 2. The zero-order valence-electron chi connectivity index (χ0n) is 20.9. The SMILES string of the molecule is Cc1cc(CN2C=CN(c3[c-]cccc3)[CH-]2)n[n-]1.Cc1cc(CN2C=CN(c3[c-]cccc3)[CH-]2)n[n-]1.[Pt].[Pt]. The van der Waals surface area contributed by atoms with Gasteiger partial charge >= 0.3 is 0 Å². The number of benzene rings is 2. The van der Waals surface area contributed by atoms with E-state index in [1.807, 2.05) is 122 Å². The maximum absolute atomic E-state index is 4.11. The van der Waals surface area contributed by atoms with Crippen molar-refractivity contribution in [1.82, 2.24) is 30.2 Å². The summed E-state index contributed by atoms with van der Waals surface area (Å²) in [7, 11) is 0. The van der Waals surface area contributed by atoms with Crippen molar-refractivity contribution in [3.63, 3.8) is 0 Å². The van der Waals surface area contributed by atoms with Gasteiger partial charge in [0.25, 0.3) is 0 Å². The summed E-state index contributed by atoms with van der Waals surface area (Å²) in [5.41, 5.74) is 5.93.